The van der Waals surface area contributed by atoms with Crippen molar-refractivity contribution in [3.63, 3.8) is 0 Å². The van der Waals surface area contributed by atoms with E-state index in [0.29, 0.717) is 5.92 Å². The Kier molecular flexibility index (Phi) is 3.03. The number of benzene rings is 2. The fourth-order valence-corrected chi connectivity index (χ4v) is 2.72. The third-order valence-corrected chi connectivity index (χ3v) is 3.85. The smallest absolute Gasteiger partial charge is 0.0367 e. The van der Waals surface area contributed by atoms with Gasteiger partial charge in [-0.1, -0.05) is 12.1 Å². The van der Waals surface area contributed by atoms with Gasteiger partial charge in [0, 0.05) is 36.1 Å². The van der Waals surface area contributed by atoms with Crippen molar-refractivity contribution in [1.82, 2.24) is 0 Å². The quantitative estimate of drug-likeness (QED) is 0.809. The zero-order valence-corrected chi connectivity index (χ0v) is 10.9. The molecule has 0 radical (unpaired) electrons. The molecule has 0 spiro atoms. The molecule has 3 nitrogen and oxygen atoms in total. The lowest BCUT2D eigenvalue weighted by molar-refractivity contribution is 0.775. The number of nitrogens with zero attached hydrogens (tertiary/aromatic N) is 1. The second-order valence-electron chi connectivity index (χ2n) is 5.19. The van der Waals surface area contributed by atoms with E-state index in [1.54, 1.807) is 0 Å². The average Bonchev–Trinajstić information content (AvgIpc) is 2.90. The van der Waals surface area contributed by atoms with Gasteiger partial charge in [-0.05, 0) is 48.4 Å². The third-order valence-electron chi connectivity index (χ3n) is 3.85. The molecule has 0 amide bonds. The standard InChI is InChI=1S/C16H19N3/c17-14-3-1-12(2-4-14)13-9-10-19(11-13)16-7-5-15(18)6-8-16/h1-8,13H,9-11,17-18H2. The van der Waals surface area contributed by atoms with Gasteiger partial charge >= 0.3 is 0 Å². The molecule has 0 aromatic heterocycles. The van der Waals surface area contributed by atoms with Crippen LogP contribution in [0.15, 0.2) is 48.5 Å². The van der Waals surface area contributed by atoms with Crippen LogP contribution in [0.5, 0.6) is 0 Å². The number of nitrogen functional groups attached to an aromatic ring is 2. The van der Waals surface area contributed by atoms with Gasteiger partial charge in [0.2, 0.25) is 0 Å². The topological polar surface area (TPSA) is 55.3 Å². The molecule has 1 fully saturated rings. The monoisotopic (exact) mass is 253 g/mol. The van der Waals surface area contributed by atoms with Crippen molar-refractivity contribution in [3.05, 3.63) is 54.1 Å². The van der Waals surface area contributed by atoms with Crippen LogP contribution < -0.4 is 16.4 Å². The van der Waals surface area contributed by atoms with E-state index < -0.39 is 0 Å². The van der Waals surface area contributed by atoms with Crippen molar-refractivity contribution in [1.29, 1.82) is 0 Å². The van der Waals surface area contributed by atoms with Gasteiger partial charge < -0.3 is 16.4 Å². The lowest BCUT2D eigenvalue weighted by atomic mass is 9.98. The summed E-state index contributed by atoms with van der Waals surface area (Å²) in [6.07, 6.45) is 1.19. The van der Waals surface area contributed by atoms with Crippen molar-refractivity contribution in [2.45, 2.75) is 12.3 Å². The number of hydrogen-bond donors (Lipinski definition) is 2. The Labute approximate surface area is 113 Å². The van der Waals surface area contributed by atoms with E-state index >= 15 is 0 Å². The van der Waals surface area contributed by atoms with Crippen molar-refractivity contribution in [2.24, 2.45) is 0 Å². The maximum Gasteiger partial charge on any atom is 0.0367 e. The molecule has 1 aliphatic heterocycles. The van der Waals surface area contributed by atoms with Crippen molar-refractivity contribution >= 4 is 17.1 Å². The minimum absolute atomic E-state index is 0.596. The number of anilines is 3. The Bertz CT molecular complexity index is 494. The van der Waals surface area contributed by atoms with Crippen LogP contribution >= 0.6 is 0 Å². The van der Waals surface area contributed by atoms with Gasteiger partial charge in [-0.25, -0.2) is 0 Å². The molecule has 0 aliphatic carbocycles. The van der Waals surface area contributed by atoms with Crippen LogP contribution in [0.4, 0.5) is 17.1 Å². The van der Waals surface area contributed by atoms with E-state index in [-0.39, 0.29) is 0 Å². The Morgan fingerprint density at radius 1 is 0.842 bits per heavy atom. The minimum atomic E-state index is 0.596. The fourth-order valence-electron chi connectivity index (χ4n) is 2.72. The summed E-state index contributed by atoms with van der Waals surface area (Å²) in [5.74, 6) is 0.596. The molecule has 1 aliphatic rings. The number of nitrogens with two attached hydrogens (primary N) is 2. The molecular formula is C16H19N3. The van der Waals surface area contributed by atoms with Gasteiger partial charge in [0.1, 0.15) is 0 Å². The third kappa shape index (κ3) is 2.50. The van der Waals surface area contributed by atoms with Crippen LogP contribution in [-0.2, 0) is 0 Å². The molecule has 1 atom stereocenters. The Hall–Kier alpha value is -2.16. The van der Waals surface area contributed by atoms with Crippen molar-refractivity contribution in [2.75, 3.05) is 29.5 Å². The van der Waals surface area contributed by atoms with Crippen LogP contribution in [-0.4, -0.2) is 13.1 Å². The lowest BCUT2D eigenvalue weighted by Gasteiger charge is -2.19. The zero-order chi connectivity index (χ0) is 13.2. The molecule has 3 rings (SSSR count). The Morgan fingerprint density at radius 3 is 2.05 bits per heavy atom. The first-order valence-electron chi connectivity index (χ1n) is 6.68. The fraction of sp³-hybridized carbons (Fsp3) is 0.250. The minimum Gasteiger partial charge on any atom is -0.399 e. The van der Waals surface area contributed by atoms with Crippen molar-refractivity contribution < 1.29 is 0 Å². The van der Waals surface area contributed by atoms with Gasteiger partial charge in [-0.3, -0.25) is 0 Å². The highest BCUT2D eigenvalue weighted by Crippen LogP contribution is 2.31. The first-order valence-corrected chi connectivity index (χ1v) is 6.68. The Balaban J connectivity index is 1.73. The van der Waals surface area contributed by atoms with Crippen LogP contribution in [0.2, 0.25) is 0 Å². The van der Waals surface area contributed by atoms with Gasteiger partial charge in [0.05, 0.1) is 0 Å². The average molecular weight is 253 g/mol. The summed E-state index contributed by atoms with van der Waals surface area (Å²) >= 11 is 0. The zero-order valence-electron chi connectivity index (χ0n) is 10.9. The first kappa shape index (κ1) is 11.9. The molecule has 19 heavy (non-hydrogen) atoms. The summed E-state index contributed by atoms with van der Waals surface area (Å²) in [6.45, 7) is 2.16. The predicted molar refractivity (Wildman–Crippen MR) is 81.3 cm³/mol. The first-order chi connectivity index (χ1) is 9.22. The normalized spacial score (nSPS) is 18.7. The number of rotatable bonds is 2. The highest BCUT2D eigenvalue weighted by molar-refractivity contribution is 5.54. The van der Waals surface area contributed by atoms with Crippen LogP contribution in [0.1, 0.15) is 17.9 Å². The summed E-state index contributed by atoms with van der Waals surface area (Å²) in [5.41, 5.74) is 15.7. The van der Waals surface area contributed by atoms with E-state index in [4.69, 9.17) is 11.5 Å². The van der Waals surface area contributed by atoms with Gasteiger partial charge in [-0.2, -0.15) is 0 Å². The lowest BCUT2D eigenvalue weighted by Crippen LogP contribution is -2.19. The van der Waals surface area contributed by atoms with Gasteiger partial charge in [0.25, 0.3) is 0 Å². The van der Waals surface area contributed by atoms with Gasteiger partial charge in [-0.15, -0.1) is 0 Å². The van der Waals surface area contributed by atoms with E-state index in [9.17, 15) is 0 Å². The molecule has 4 N–H and O–H groups in total. The molecule has 0 saturated carbocycles. The maximum absolute atomic E-state index is 5.74. The molecule has 3 heteroatoms. The largest absolute Gasteiger partial charge is 0.399 e. The highest BCUT2D eigenvalue weighted by Gasteiger charge is 2.23. The van der Waals surface area contributed by atoms with E-state index in [1.165, 1.54) is 17.7 Å². The summed E-state index contributed by atoms with van der Waals surface area (Å²) in [4.78, 5) is 2.42. The van der Waals surface area contributed by atoms with E-state index in [0.717, 1.165) is 24.5 Å². The summed E-state index contributed by atoms with van der Waals surface area (Å²) in [6, 6.07) is 16.4. The van der Waals surface area contributed by atoms with E-state index in [2.05, 4.69) is 29.2 Å². The summed E-state index contributed by atoms with van der Waals surface area (Å²) in [5, 5.41) is 0. The second kappa shape index (κ2) is 4.84. The second-order valence-corrected chi connectivity index (χ2v) is 5.19. The van der Waals surface area contributed by atoms with Crippen LogP contribution in [0.3, 0.4) is 0 Å². The Morgan fingerprint density at radius 2 is 1.42 bits per heavy atom. The van der Waals surface area contributed by atoms with Gasteiger partial charge in [0.15, 0.2) is 0 Å². The number of hydrogen-bond acceptors (Lipinski definition) is 3. The summed E-state index contributed by atoms with van der Waals surface area (Å²) < 4.78 is 0. The predicted octanol–water partition coefficient (Wildman–Crippen LogP) is 2.84. The van der Waals surface area contributed by atoms with Crippen molar-refractivity contribution in [3.8, 4) is 0 Å². The maximum atomic E-state index is 5.74. The SMILES string of the molecule is Nc1ccc(C2CCN(c3ccc(N)cc3)C2)cc1. The molecule has 1 unspecified atom stereocenters. The summed E-state index contributed by atoms with van der Waals surface area (Å²) in [7, 11) is 0. The highest BCUT2D eigenvalue weighted by atomic mass is 15.1. The molecule has 0 bridgehead atoms. The van der Waals surface area contributed by atoms with E-state index in [1.807, 2.05) is 24.3 Å². The molecule has 2 aromatic carbocycles. The van der Waals surface area contributed by atoms with Crippen LogP contribution in [0, 0.1) is 0 Å². The molecule has 1 saturated heterocycles. The molecular weight excluding hydrogens is 234 g/mol. The molecule has 2 aromatic rings. The molecule has 98 valence electrons. The molecule has 1 heterocycles. The van der Waals surface area contributed by atoms with Crippen LogP contribution in [0.25, 0.3) is 0 Å².